The van der Waals surface area contributed by atoms with Crippen LogP contribution in [0.25, 0.3) is 22.3 Å². The lowest BCUT2D eigenvalue weighted by atomic mass is 9.93. The second kappa shape index (κ2) is 10.4. The number of hydrogen-bond donors (Lipinski definition) is 2. The van der Waals surface area contributed by atoms with Crippen LogP contribution in [-0.2, 0) is 17.7 Å². The zero-order chi connectivity index (χ0) is 25.1. The first-order valence-corrected chi connectivity index (χ1v) is 12.5. The maximum absolute atomic E-state index is 12.8. The van der Waals surface area contributed by atoms with E-state index < -0.39 is 6.09 Å². The number of carbonyl (C=O) groups excluding carboxylic acids is 2. The molecule has 1 aliphatic rings. The molecule has 0 radical (unpaired) electrons. The molecule has 0 aliphatic heterocycles. The summed E-state index contributed by atoms with van der Waals surface area (Å²) >= 11 is 4.73. The smallest absolute Gasteiger partial charge is 0.407 e. The molecule has 0 heterocycles. The Bertz CT molecular complexity index is 1400. The van der Waals surface area contributed by atoms with Gasteiger partial charge in [-0.15, -0.1) is 12.6 Å². The molecule has 0 atom stereocenters. The molecule has 0 bridgehead atoms. The van der Waals surface area contributed by atoms with E-state index in [0.717, 1.165) is 39.9 Å². The molecule has 4 nitrogen and oxygen atoms in total. The summed E-state index contributed by atoms with van der Waals surface area (Å²) in [5.41, 5.74) is 8.96. The van der Waals surface area contributed by atoms with Crippen LogP contribution in [0.1, 0.15) is 45.5 Å². The van der Waals surface area contributed by atoms with Gasteiger partial charge in [0.15, 0.2) is 6.29 Å². The van der Waals surface area contributed by atoms with Gasteiger partial charge < -0.3 is 10.1 Å². The van der Waals surface area contributed by atoms with E-state index in [1.54, 1.807) is 6.07 Å². The average Bonchev–Trinajstić information content (AvgIpc) is 3.24. The van der Waals surface area contributed by atoms with Gasteiger partial charge in [0, 0.05) is 28.5 Å². The summed E-state index contributed by atoms with van der Waals surface area (Å²) in [6, 6.07) is 28.0. The Morgan fingerprint density at radius 2 is 1.53 bits per heavy atom. The van der Waals surface area contributed by atoms with Crippen molar-refractivity contribution < 1.29 is 14.3 Å². The maximum atomic E-state index is 12.8. The number of aldehydes is 1. The second-order valence-electron chi connectivity index (χ2n) is 8.89. The molecule has 0 aromatic heterocycles. The van der Waals surface area contributed by atoms with Gasteiger partial charge in [-0.05, 0) is 51.4 Å². The third-order valence-electron chi connectivity index (χ3n) is 6.79. The van der Waals surface area contributed by atoms with Crippen molar-refractivity contribution in [1.82, 2.24) is 5.32 Å². The van der Waals surface area contributed by atoms with Crippen molar-refractivity contribution in [1.29, 1.82) is 0 Å². The van der Waals surface area contributed by atoms with Gasteiger partial charge in [-0.3, -0.25) is 4.79 Å². The van der Waals surface area contributed by atoms with E-state index in [4.69, 9.17) is 17.4 Å². The summed E-state index contributed by atoms with van der Waals surface area (Å²) in [6.45, 7) is 2.60. The van der Waals surface area contributed by atoms with Gasteiger partial charge in [-0.1, -0.05) is 85.8 Å². The summed E-state index contributed by atoms with van der Waals surface area (Å²) in [5.74, 6) is 0.00523. The number of hydrogen-bond acceptors (Lipinski definition) is 4. The minimum Gasteiger partial charge on any atom is -0.449 e. The van der Waals surface area contributed by atoms with Gasteiger partial charge in [0.05, 0.1) is 0 Å². The largest absolute Gasteiger partial charge is 0.449 e. The molecular formula is C31H27NO3S. The minimum absolute atomic E-state index is 0.00523. The van der Waals surface area contributed by atoms with Crippen LogP contribution < -0.4 is 5.32 Å². The fourth-order valence-electron chi connectivity index (χ4n) is 5.05. The first kappa shape index (κ1) is 23.9. The third-order valence-corrected chi connectivity index (χ3v) is 7.14. The van der Waals surface area contributed by atoms with Crippen molar-refractivity contribution in [2.75, 3.05) is 6.61 Å². The molecule has 5 heteroatoms. The highest BCUT2D eigenvalue weighted by Gasteiger charge is 2.29. The molecular weight excluding hydrogens is 466 g/mol. The minimum atomic E-state index is -0.478. The van der Waals surface area contributed by atoms with Gasteiger partial charge >= 0.3 is 6.09 Å². The van der Waals surface area contributed by atoms with E-state index in [9.17, 15) is 9.59 Å². The van der Waals surface area contributed by atoms with Crippen molar-refractivity contribution in [3.8, 4) is 22.3 Å². The number of amides is 1. The van der Waals surface area contributed by atoms with Crippen molar-refractivity contribution in [2.45, 2.75) is 30.7 Å². The number of ether oxygens (including phenoxy) is 1. The van der Waals surface area contributed by atoms with Crippen LogP contribution in [0.4, 0.5) is 4.79 Å². The summed E-state index contributed by atoms with van der Waals surface area (Å²) in [4.78, 5) is 25.3. The molecule has 180 valence electrons. The first-order chi connectivity index (χ1) is 17.6. The summed E-state index contributed by atoms with van der Waals surface area (Å²) in [5, 5.41) is 2.91. The van der Waals surface area contributed by atoms with Crippen LogP contribution in [0.5, 0.6) is 0 Å². The van der Waals surface area contributed by atoms with Gasteiger partial charge in [0.2, 0.25) is 0 Å². The van der Waals surface area contributed by atoms with E-state index in [1.807, 2.05) is 48.5 Å². The Hall–Kier alpha value is -3.83. The lowest BCUT2D eigenvalue weighted by molar-refractivity contribution is 0.112. The Morgan fingerprint density at radius 1 is 0.917 bits per heavy atom. The normalized spacial score (nSPS) is 12.1. The number of aryl methyl sites for hydroxylation is 1. The third kappa shape index (κ3) is 4.54. The van der Waals surface area contributed by atoms with Crippen LogP contribution in [-0.4, -0.2) is 19.0 Å². The molecule has 0 unspecified atom stereocenters. The Labute approximate surface area is 216 Å². The highest BCUT2D eigenvalue weighted by atomic mass is 32.1. The molecule has 4 aromatic rings. The number of rotatable bonds is 7. The number of benzene rings is 4. The van der Waals surface area contributed by atoms with Crippen molar-refractivity contribution in [2.24, 2.45) is 0 Å². The number of thiol groups is 1. The van der Waals surface area contributed by atoms with Gasteiger partial charge in [-0.2, -0.15) is 0 Å². The number of fused-ring (bicyclic) bond motifs is 3. The summed E-state index contributed by atoms with van der Waals surface area (Å²) in [7, 11) is 0. The van der Waals surface area contributed by atoms with Gasteiger partial charge in [0.1, 0.15) is 6.61 Å². The quantitative estimate of drug-likeness (QED) is 0.214. The van der Waals surface area contributed by atoms with Crippen LogP contribution >= 0.6 is 12.6 Å². The summed E-state index contributed by atoms with van der Waals surface area (Å²) in [6.07, 6.45) is 1.20. The van der Waals surface area contributed by atoms with E-state index in [0.29, 0.717) is 5.56 Å². The maximum Gasteiger partial charge on any atom is 0.407 e. The SMILES string of the molecule is CCc1cc(S)c(-c2ccccc2C=O)c(CNC(=O)OCC2c3ccccc3-c3ccccc32)c1. The predicted octanol–water partition coefficient (Wildman–Crippen LogP) is 7.06. The predicted molar refractivity (Wildman–Crippen MR) is 146 cm³/mol. The standard InChI is InChI=1S/C31H27NO3S/c1-2-20-15-22(30(29(36)16-20)23-10-4-3-9-21(23)18-33)17-32-31(34)35-19-28-26-13-7-5-11-24(26)25-12-6-8-14-27(25)28/h3-16,18,28,36H,2,17,19H2,1H3,(H,32,34). The Kier molecular flexibility index (Phi) is 6.92. The molecule has 5 rings (SSSR count). The lowest BCUT2D eigenvalue weighted by Gasteiger charge is -2.18. The van der Waals surface area contributed by atoms with Crippen LogP contribution in [0.3, 0.4) is 0 Å². The fourth-order valence-corrected chi connectivity index (χ4v) is 5.48. The highest BCUT2D eigenvalue weighted by molar-refractivity contribution is 7.80. The van der Waals surface area contributed by atoms with Crippen molar-refractivity contribution >= 4 is 25.0 Å². The van der Waals surface area contributed by atoms with Crippen molar-refractivity contribution in [3.63, 3.8) is 0 Å². The van der Waals surface area contributed by atoms with Crippen LogP contribution in [0.15, 0.2) is 89.8 Å². The molecule has 0 saturated heterocycles. The van der Waals surface area contributed by atoms with E-state index in [2.05, 4.69) is 42.6 Å². The zero-order valence-corrected chi connectivity index (χ0v) is 20.9. The molecule has 36 heavy (non-hydrogen) atoms. The first-order valence-electron chi connectivity index (χ1n) is 12.1. The molecule has 4 aromatic carbocycles. The Morgan fingerprint density at radius 3 is 2.17 bits per heavy atom. The molecule has 1 N–H and O–H groups in total. The topological polar surface area (TPSA) is 55.4 Å². The lowest BCUT2D eigenvalue weighted by Crippen LogP contribution is -2.26. The van der Waals surface area contributed by atoms with Crippen LogP contribution in [0, 0.1) is 0 Å². The number of nitrogens with one attached hydrogen (secondary N) is 1. The molecule has 1 aliphatic carbocycles. The molecule has 0 spiro atoms. The second-order valence-corrected chi connectivity index (χ2v) is 9.37. The fraction of sp³-hybridized carbons (Fsp3) is 0.161. The van der Waals surface area contributed by atoms with E-state index >= 15 is 0 Å². The zero-order valence-electron chi connectivity index (χ0n) is 20.0. The average molecular weight is 494 g/mol. The molecule has 1 amide bonds. The molecule has 0 fully saturated rings. The monoisotopic (exact) mass is 493 g/mol. The summed E-state index contributed by atoms with van der Waals surface area (Å²) < 4.78 is 5.71. The highest BCUT2D eigenvalue weighted by Crippen LogP contribution is 2.44. The number of carbonyl (C=O) groups is 2. The van der Waals surface area contributed by atoms with Gasteiger partial charge in [0.25, 0.3) is 0 Å². The van der Waals surface area contributed by atoms with Crippen LogP contribution in [0.2, 0.25) is 0 Å². The molecule has 0 saturated carbocycles. The van der Waals surface area contributed by atoms with E-state index in [1.165, 1.54) is 22.3 Å². The number of alkyl carbamates (subject to hydrolysis) is 1. The van der Waals surface area contributed by atoms with Crippen molar-refractivity contribution in [3.05, 3.63) is 113 Å². The Balaban J connectivity index is 1.34. The van der Waals surface area contributed by atoms with Gasteiger partial charge in [-0.25, -0.2) is 4.79 Å². The van der Waals surface area contributed by atoms with E-state index in [-0.39, 0.29) is 19.1 Å².